The van der Waals surface area contributed by atoms with E-state index in [1.165, 1.54) is 16.5 Å². The van der Waals surface area contributed by atoms with Gasteiger partial charge in [-0.3, -0.25) is 9.59 Å². The first kappa shape index (κ1) is 22.0. The Bertz CT molecular complexity index is 906. The summed E-state index contributed by atoms with van der Waals surface area (Å²) in [6, 6.07) is 11.8. The molecule has 1 saturated carbocycles. The monoisotopic (exact) mass is 410 g/mol. The SMILES string of the molecule is Cc1ccc(CC(=O)N(Cc2ccccc2F)[C@@H](C)C(=O)NC2CCCC2)cc1C. The van der Waals surface area contributed by atoms with Gasteiger partial charge < -0.3 is 10.2 Å². The van der Waals surface area contributed by atoms with Crippen LogP contribution in [0.4, 0.5) is 4.39 Å². The fourth-order valence-corrected chi connectivity index (χ4v) is 3.97. The fraction of sp³-hybridized carbons (Fsp3) is 0.440. The van der Waals surface area contributed by atoms with Gasteiger partial charge in [0.1, 0.15) is 11.9 Å². The average molecular weight is 411 g/mol. The molecule has 5 heteroatoms. The minimum Gasteiger partial charge on any atom is -0.352 e. The van der Waals surface area contributed by atoms with Crippen LogP contribution >= 0.6 is 0 Å². The summed E-state index contributed by atoms with van der Waals surface area (Å²) >= 11 is 0. The molecule has 0 unspecified atom stereocenters. The maximum absolute atomic E-state index is 14.3. The Balaban J connectivity index is 1.79. The molecule has 0 aromatic heterocycles. The van der Waals surface area contributed by atoms with Crippen molar-refractivity contribution in [2.24, 2.45) is 0 Å². The van der Waals surface area contributed by atoms with Gasteiger partial charge in [0, 0.05) is 18.2 Å². The summed E-state index contributed by atoms with van der Waals surface area (Å²) in [5.74, 6) is -0.730. The van der Waals surface area contributed by atoms with E-state index >= 15 is 0 Å². The largest absolute Gasteiger partial charge is 0.352 e. The van der Waals surface area contributed by atoms with Crippen LogP contribution in [0.3, 0.4) is 0 Å². The maximum atomic E-state index is 14.3. The predicted molar refractivity (Wildman–Crippen MR) is 116 cm³/mol. The van der Waals surface area contributed by atoms with E-state index in [2.05, 4.69) is 5.32 Å². The lowest BCUT2D eigenvalue weighted by Crippen LogP contribution is -2.50. The van der Waals surface area contributed by atoms with Crippen molar-refractivity contribution in [1.29, 1.82) is 0 Å². The molecule has 0 radical (unpaired) electrons. The Morgan fingerprint density at radius 2 is 1.80 bits per heavy atom. The van der Waals surface area contributed by atoms with Crippen LogP contribution in [0.5, 0.6) is 0 Å². The quantitative estimate of drug-likeness (QED) is 0.733. The molecule has 1 fully saturated rings. The van der Waals surface area contributed by atoms with E-state index in [1.54, 1.807) is 25.1 Å². The zero-order valence-electron chi connectivity index (χ0n) is 18.1. The number of hydrogen-bond acceptors (Lipinski definition) is 2. The Hall–Kier alpha value is -2.69. The van der Waals surface area contributed by atoms with E-state index in [0.29, 0.717) is 5.56 Å². The zero-order chi connectivity index (χ0) is 21.7. The number of hydrogen-bond donors (Lipinski definition) is 1. The lowest BCUT2D eigenvalue weighted by Gasteiger charge is -2.30. The van der Waals surface area contributed by atoms with Gasteiger partial charge in [0.2, 0.25) is 11.8 Å². The van der Waals surface area contributed by atoms with Crippen LogP contribution in [0.1, 0.15) is 54.9 Å². The van der Waals surface area contributed by atoms with Gasteiger partial charge in [-0.15, -0.1) is 0 Å². The van der Waals surface area contributed by atoms with Crippen molar-refractivity contribution < 1.29 is 14.0 Å². The van der Waals surface area contributed by atoms with Crippen LogP contribution in [0, 0.1) is 19.7 Å². The predicted octanol–water partition coefficient (Wildman–Crippen LogP) is 4.46. The molecule has 2 amide bonds. The summed E-state index contributed by atoms with van der Waals surface area (Å²) in [6.45, 7) is 5.83. The Morgan fingerprint density at radius 1 is 1.10 bits per heavy atom. The van der Waals surface area contributed by atoms with Crippen LogP contribution in [-0.4, -0.2) is 28.8 Å². The minimum absolute atomic E-state index is 0.0651. The molecule has 1 aliphatic rings. The molecule has 2 aromatic rings. The molecule has 1 atom stereocenters. The third-order valence-electron chi connectivity index (χ3n) is 6.09. The van der Waals surface area contributed by atoms with Crippen molar-refractivity contribution in [2.75, 3.05) is 0 Å². The number of nitrogens with one attached hydrogen (secondary N) is 1. The van der Waals surface area contributed by atoms with E-state index in [-0.39, 0.29) is 36.6 Å². The van der Waals surface area contributed by atoms with Crippen molar-refractivity contribution in [2.45, 2.75) is 71.5 Å². The number of halogens is 1. The molecule has 2 aromatic carbocycles. The summed E-state index contributed by atoms with van der Waals surface area (Å²) in [4.78, 5) is 27.6. The van der Waals surface area contributed by atoms with Gasteiger partial charge >= 0.3 is 0 Å². The van der Waals surface area contributed by atoms with Gasteiger partial charge in [0.15, 0.2) is 0 Å². The van der Waals surface area contributed by atoms with E-state index < -0.39 is 6.04 Å². The van der Waals surface area contributed by atoms with Gasteiger partial charge in [0.25, 0.3) is 0 Å². The Morgan fingerprint density at radius 3 is 2.47 bits per heavy atom. The number of benzene rings is 2. The van der Waals surface area contributed by atoms with Crippen LogP contribution in [0.25, 0.3) is 0 Å². The third kappa shape index (κ3) is 5.47. The smallest absolute Gasteiger partial charge is 0.242 e. The van der Waals surface area contributed by atoms with Crippen LogP contribution in [0.15, 0.2) is 42.5 Å². The number of amides is 2. The zero-order valence-corrected chi connectivity index (χ0v) is 18.1. The van der Waals surface area contributed by atoms with Gasteiger partial charge in [-0.1, -0.05) is 49.2 Å². The standard InChI is InChI=1S/C25H31FN2O2/c1-17-12-13-20(14-18(17)2)15-24(29)28(16-21-8-4-7-11-23(21)26)19(3)25(30)27-22-9-5-6-10-22/h4,7-8,11-14,19,22H,5-6,9-10,15-16H2,1-3H3,(H,27,30)/t19-/m0/s1. The first-order valence-corrected chi connectivity index (χ1v) is 10.7. The second kappa shape index (κ2) is 9.88. The summed E-state index contributed by atoms with van der Waals surface area (Å²) in [5.41, 5.74) is 3.59. The number of rotatable bonds is 7. The molecule has 4 nitrogen and oxygen atoms in total. The molecule has 30 heavy (non-hydrogen) atoms. The molecule has 0 aliphatic heterocycles. The third-order valence-corrected chi connectivity index (χ3v) is 6.09. The van der Waals surface area contributed by atoms with Crippen molar-refractivity contribution >= 4 is 11.8 Å². The number of carbonyl (C=O) groups is 2. The van der Waals surface area contributed by atoms with E-state index in [9.17, 15) is 14.0 Å². The number of aryl methyl sites for hydroxylation is 2. The minimum atomic E-state index is -0.677. The molecule has 0 bridgehead atoms. The highest BCUT2D eigenvalue weighted by Gasteiger charge is 2.29. The highest BCUT2D eigenvalue weighted by atomic mass is 19.1. The van der Waals surface area contributed by atoms with Crippen molar-refractivity contribution in [3.05, 3.63) is 70.5 Å². The van der Waals surface area contributed by atoms with E-state index in [0.717, 1.165) is 36.8 Å². The van der Waals surface area contributed by atoms with Crippen LogP contribution < -0.4 is 5.32 Å². The first-order valence-electron chi connectivity index (χ1n) is 10.7. The maximum Gasteiger partial charge on any atom is 0.242 e. The molecule has 0 spiro atoms. The number of nitrogens with zero attached hydrogens (tertiary/aromatic N) is 1. The van der Waals surface area contributed by atoms with Crippen molar-refractivity contribution in [1.82, 2.24) is 10.2 Å². The summed E-state index contributed by atoms with van der Waals surface area (Å²) < 4.78 is 14.3. The highest BCUT2D eigenvalue weighted by molar-refractivity contribution is 5.88. The van der Waals surface area contributed by atoms with Gasteiger partial charge in [-0.25, -0.2) is 4.39 Å². The molecule has 0 saturated heterocycles. The van der Waals surface area contributed by atoms with Gasteiger partial charge in [-0.2, -0.15) is 0 Å². The first-order chi connectivity index (χ1) is 14.3. The normalized spacial score (nSPS) is 15.1. The van der Waals surface area contributed by atoms with E-state index in [1.807, 2.05) is 32.0 Å². The van der Waals surface area contributed by atoms with Crippen LogP contribution in [-0.2, 0) is 22.6 Å². The van der Waals surface area contributed by atoms with Gasteiger partial charge in [0.05, 0.1) is 6.42 Å². The fourth-order valence-electron chi connectivity index (χ4n) is 3.97. The molecule has 0 heterocycles. The van der Waals surface area contributed by atoms with Gasteiger partial charge in [-0.05, 0) is 56.4 Å². The highest BCUT2D eigenvalue weighted by Crippen LogP contribution is 2.20. The lowest BCUT2D eigenvalue weighted by atomic mass is 10.0. The lowest BCUT2D eigenvalue weighted by molar-refractivity contribution is -0.140. The molecular formula is C25H31FN2O2. The Kier molecular flexibility index (Phi) is 7.24. The van der Waals surface area contributed by atoms with Crippen LogP contribution in [0.2, 0.25) is 0 Å². The average Bonchev–Trinajstić information content (AvgIpc) is 3.22. The molecular weight excluding hydrogens is 379 g/mol. The van der Waals surface area contributed by atoms with E-state index in [4.69, 9.17) is 0 Å². The second-order valence-electron chi connectivity index (χ2n) is 8.37. The van der Waals surface area contributed by atoms with Crippen molar-refractivity contribution in [3.63, 3.8) is 0 Å². The topological polar surface area (TPSA) is 49.4 Å². The Labute approximate surface area is 178 Å². The number of carbonyl (C=O) groups excluding carboxylic acids is 2. The molecule has 1 N–H and O–H groups in total. The van der Waals surface area contributed by atoms with Crippen molar-refractivity contribution in [3.8, 4) is 0 Å². The molecule has 160 valence electrons. The summed E-state index contributed by atoms with van der Waals surface area (Å²) in [5, 5.41) is 3.07. The summed E-state index contributed by atoms with van der Waals surface area (Å²) in [6.07, 6.45) is 4.36. The molecule has 3 rings (SSSR count). The summed E-state index contributed by atoms with van der Waals surface area (Å²) in [7, 11) is 0. The molecule has 1 aliphatic carbocycles. The second-order valence-corrected chi connectivity index (χ2v) is 8.37.